The number of aryl methyl sites for hydroxylation is 2. The third-order valence-corrected chi connectivity index (χ3v) is 4.77. The second-order valence-electron chi connectivity index (χ2n) is 6.47. The van der Waals surface area contributed by atoms with E-state index in [0.29, 0.717) is 0 Å². The van der Waals surface area contributed by atoms with Crippen molar-refractivity contribution in [3.8, 4) is 16.9 Å². The average molecular weight is 383 g/mol. The van der Waals surface area contributed by atoms with Gasteiger partial charge in [-0.2, -0.15) is 4.57 Å². The Bertz CT molecular complexity index is 804. The lowest BCUT2D eigenvalue weighted by Crippen LogP contribution is -3.00. The van der Waals surface area contributed by atoms with E-state index in [1.54, 1.807) is 0 Å². The van der Waals surface area contributed by atoms with Gasteiger partial charge >= 0.3 is 0 Å². The minimum Gasteiger partial charge on any atom is -1.00 e. The Morgan fingerprint density at radius 1 is 0.875 bits per heavy atom. The zero-order chi connectivity index (χ0) is 15.6. The van der Waals surface area contributed by atoms with E-state index in [1.165, 1.54) is 47.6 Å². The summed E-state index contributed by atoms with van der Waals surface area (Å²) in [5, 5.41) is 0. The van der Waals surface area contributed by atoms with E-state index < -0.39 is 0 Å². The molecule has 1 aliphatic heterocycles. The molecule has 0 unspecified atom stereocenters. The van der Waals surface area contributed by atoms with Crippen LogP contribution in [0.3, 0.4) is 0 Å². The van der Waals surface area contributed by atoms with Crippen LogP contribution in [-0.2, 0) is 13.0 Å². The van der Waals surface area contributed by atoms with Crippen molar-refractivity contribution in [2.75, 3.05) is 0 Å². The van der Waals surface area contributed by atoms with Crippen molar-refractivity contribution in [1.82, 2.24) is 4.57 Å². The first-order chi connectivity index (χ1) is 11.3. The minimum atomic E-state index is 0. The van der Waals surface area contributed by atoms with Gasteiger partial charge in [0.25, 0.3) is 5.82 Å². The Morgan fingerprint density at radius 3 is 2.38 bits per heavy atom. The topological polar surface area (TPSA) is 8.81 Å². The molecule has 1 aromatic heterocycles. The Kier molecular flexibility index (Phi) is 5.20. The number of aromatic nitrogens is 2. The van der Waals surface area contributed by atoms with E-state index in [0.717, 1.165) is 13.0 Å². The molecule has 0 spiro atoms. The summed E-state index contributed by atoms with van der Waals surface area (Å²) in [6.45, 7) is 3.28. The third kappa shape index (κ3) is 3.18. The van der Waals surface area contributed by atoms with E-state index in [2.05, 4.69) is 76.9 Å². The van der Waals surface area contributed by atoms with E-state index in [-0.39, 0.29) is 17.0 Å². The number of benzene rings is 2. The number of fused-ring (bicyclic) bond motifs is 1. The molecule has 0 bridgehead atoms. The molecule has 0 radical (unpaired) electrons. The molecule has 24 heavy (non-hydrogen) atoms. The standard InChI is InChI=1S/C21H23N2.BrH/c1-17-11-13-19(14-12-17)23-20(18-8-4-2-5-9-18)16-22-15-7-3-6-10-21(22)23;/h2,4-5,8-9,11-14,16H,3,6-7,10,15H2,1H3;1H/q+1;/p-1. The smallest absolute Gasteiger partial charge is 0.262 e. The van der Waals surface area contributed by atoms with Crippen molar-refractivity contribution in [2.24, 2.45) is 0 Å². The van der Waals surface area contributed by atoms with Crippen LogP contribution in [0, 0.1) is 6.92 Å². The van der Waals surface area contributed by atoms with E-state index in [4.69, 9.17) is 0 Å². The van der Waals surface area contributed by atoms with Crippen molar-refractivity contribution in [1.29, 1.82) is 0 Å². The van der Waals surface area contributed by atoms with Crippen LogP contribution in [0.1, 0.15) is 30.7 Å². The highest BCUT2D eigenvalue weighted by molar-refractivity contribution is 5.61. The fourth-order valence-electron chi connectivity index (χ4n) is 3.53. The fraction of sp³-hybridized carbons (Fsp3) is 0.286. The predicted molar refractivity (Wildman–Crippen MR) is 93.7 cm³/mol. The predicted octanol–water partition coefficient (Wildman–Crippen LogP) is 1.47. The molecule has 0 N–H and O–H groups in total. The van der Waals surface area contributed by atoms with Crippen LogP contribution in [0.25, 0.3) is 16.9 Å². The molecule has 2 nitrogen and oxygen atoms in total. The maximum absolute atomic E-state index is 2.47. The van der Waals surface area contributed by atoms with Gasteiger partial charge in [0.15, 0.2) is 5.69 Å². The summed E-state index contributed by atoms with van der Waals surface area (Å²) in [5.41, 5.74) is 5.16. The fourth-order valence-corrected chi connectivity index (χ4v) is 3.53. The number of imidazole rings is 1. The maximum Gasteiger partial charge on any atom is 0.262 e. The first-order valence-electron chi connectivity index (χ1n) is 8.59. The van der Waals surface area contributed by atoms with Crippen molar-refractivity contribution in [2.45, 2.75) is 39.2 Å². The van der Waals surface area contributed by atoms with Gasteiger partial charge in [0.05, 0.1) is 6.54 Å². The van der Waals surface area contributed by atoms with Gasteiger partial charge in [-0.05, 0) is 38.3 Å². The molecule has 4 rings (SSSR count). The molecule has 2 heterocycles. The number of hydrogen-bond acceptors (Lipinski definition) is 0. The molecule has 0 aliphatic carbocycles. The van der Waals surface area contributed by atoms with E-state index in [9.17, 15) is 0 Å². The molecule has 0 atom stereocenters. The second kappa shape index (κ2) is 7.35. The molecular formula is C21H23BrN2. The summed E-state index contributed by atoms with van der Waals surface area (Å²) in [6, 6.07) is 19.6. The number of halogens is 1. The minimum absolute atomic E-state index is 0. The molecule has 3 aromatic rings. The second-order valence-corrected chi connectivity index (χ2v) is 6.47. The van der Waals surface area contributed by atoms with Gasteiger partial charge in [-0.25, -0.2) is 4.57 Å². The van der Waals surface area contributed by atoms with Crippen molar-refractivity contribution < 1.29 is 21.5 Å². The van der Waals surface area contributed by atoms with E-state index >= 15 is 0 Å². The zero-order valence-corrected chi connectivity index (χ0v) is 15.7. The molecule has 1 aliphatic rings. The summed E-state index contributed by atoms with van der Waals surface area (Å²) < 4.78 is 4.93. The van der Waals surface area contributed by atoms with Gasteiger partial charge < -0.3 is 17.0 Å². The molecule has 3 heteroatoms. The van der Waals surface area contributed by atoms with Gasteiger partial charge in [-0.15, -0.1) is 0 Å². The Balaban J connectivity index is 0.00000169. The Labute approximate surface area is 154 Å². The maximum atomic E-state index is 2.47. The number of rotatable bonds is 2. The van der Waals surface area contributed by atoms with Gasteiger partial charge in [0, 0.05) is 12.0 Å². The Hall–Kier alpha value is -1.87. The van der Waals surface area contributed by atoms with Crippen molar-refractivity contribution >= 4 is 0 Å². The van der Waals surface area contributed by atoms with Crippen LogP contribution < -0.4 is 21.5 Å². The summed E-state index contributed by atoms with van der Waals surface area (Å²) in [7, 11) is 0. The lowest BCUT2D eigenvalue weighted by Gasteiger charge is -2.06. The number of hydrogen-bond donors (Lipinski definition) is 0. The van der Waals surface area contributed by atoms with Crippen LogP contribution in [0.5, 0.6) is 0 Å². The van der Waals surface area contributed by atoms with Gasteiger partial charge in [0.2, 0.25) is 0 Å². The highest BCUT2D eigenvalue weighted by atomic mass is 79.9. The van der Waals surface area contributed by atoms with Crippen LogP contribution >= 0.6 is 0 Å². The lowest BCUT2D eigenvalue weighted by atomic mass is 10.1. The normalized spacial score (nSPS) is 13.7. The molecule has 0 saturated carbocycles. The summed E-state index contributed by atoms with van der Waals surface area (Å²) in [5.74, 6) is 1.44. The monoisotopic (exact) mass is 382 g/mol. The molecule has 0 amide bonds. The SMILES string of the molecule is Cc1ccc(-n2c(-c3ccccc3)c[n+]3c2CCCCC3)cc1.[Br-]. The van der Waals surface area contributed by atoms with Crippen LogP contribution in [0.2, 0.25) is 0 Å². The molecule has 0 fully saturated rings. The first-order valence-corrected chi connectivity index (χ1v) is 8.59. The average Bonchev–Trinajstić information content (AvgIpc) is 2.79. The molecule has 0 saturated heterocycles. The van der Waals surface area contributed by atoms with Crippen LogP contribution in [-0.4, -0.2) is 4.57 Å². The summed E-state index contributed by atoms with van der Waals surface area (Å²) in [4.78, 5) is 0. The van der Waals surface area contributed by atoms with Gasteiger partial charge in [0.1, 0.15) is 11.9 Å². The third-order valence-electron chi connectivity index (χ3n) is 4.77. The van der Waals surface area contributed by atoms with E-state index in [1.807, 2.05) is 0 Å². The zero-order valence-electron chi connectivity index (χ0n) is 14.1. The summed E-state index contributed by atoms with van der Waals surface area (Å²) in [6.07, 6.45) is 7.39. The highest BCUT2D eigenvalue weighted by Crippen LogP contribution is 2.26. The van der Waals surface area contributed by atoms with Gasteiger partial charge in [-0.3, -0.25) is 0 Å². The first kappa shape index (κ1) is 17.0. The van der Waals surface area contributed by atoms with Crippen molar-refractivity contribution in [3.63, 3.8) is 0 Å². The molecular weight excluding hydrogens is 360 g/mol. The number of nitrogens with zero attached hydrogens (tertiary/aromatic N) is 2. The van der Waals surface area contributed by atoms with Crippen LogP contribution in [0.4, 0.5) is 0 Å². The highest BCUT2D eigenvalue weighted by Gasteiger charge is 2.26. The molecule has 124 valence electrons. The Morgan fingerprint density at radius 2 is 1.62 bits per heavy atom. The largest absolute Gasteiger partial charge is 1.00 e. The molecule has 2 aromatic carbocycles. The lowest BCUT2D eigenvalue weighted by molar-refractivity contribution is -0.702. The van der Waals surface area contributed by atoms with Gasteiger partial charge in [-0.1, -0.05) is 48.0 Å². The van der Waals surface area contributed by atoms with Crippen LogP contribution in [0.15, 0.2) is 60.8 Å². The summed E-state index contributed by atoms with van der Waals surface area (Å²) >= 11 is 0. The van der Waals surface area contributed by atoms with Crippen molar-refractivity contribution in [3.05, 3.63) is 72.2 Å². The quantitative estimate of drug-likeness (QED) is 0.593.